The predicted octanol–water partition coefficient (Wildman–Crippen LogP) is 2.54. The average Bonchev–Trinajstić information content (AvgIpc) is 2.86. The fraction of sp³-hybridized carbons (Fsp3) is 0.533. The molecule has 0 spiro atoms. The van der Waals surface area contributed by atoms with Crippen LogP contribution in [-0.2, 0) is 12.7 Å². The van der Waals surface area contributed by atoms with Crippen molar-refractivity contribution >= 4 is 5.97 Å². The van der Waals surface area contributed by atoms with E-state index in [9.17, 15) is 18.0 Å². The van der Waals surface area contributed by atoms with E-state index in [1.807, 2.05) is 19.0 Å². The van der Waals surface area contributed by atoms with Crippen LogP contribution in [0.3, 0.4) is 0 Å². The number of hydrogen-bond donors (Lipinski definition) is 1. The maximum absolute atomic E-state index is 13.2. The van der Waals surface area contributed by atoms with Gasteiger partial charge in [-0.25, -0.2) is 4.79 Å². The first-order valence-electron chi connectivity index (χ1n) is 7.00. The number of carbonyl (C=O) groups is 1. The van der Waals surface area contributed by atoms with Crippen LogP contribution >= 0.6 is 0 Å². The lowest BCUT2D eigenvalue weighted by atomic mass is 10.0. The number of likely N-dealkylation sites (tertiary alicyclic amines) is 1. The Balaban J connectivity index is 2.22. The molecule has 0 radical (unpaired) electrons. The van der Waals surface area contributed by atoms with E-state index in [0.29, 0.717) is 12.6 Å². The van der Waals surface area contributed by atoms with Crippen LogP contribution in [0.15, 0.2) is 18.2 Å². The van der Waals surface area contributed by atoms with Crippen molar-refractivity contribution in [3.63, 3.8) is 0 Å². The van der Waals surface area contributed by atoms with Crippen LogP contribution in [0, 0.1) is 0 Å². The lowest BCUT2D eigenvalue weighted by molar-refractivity contribution is -0.138. The molecule has 0 aliphatic carbocycles. The smallest absolute Gasteiger partial charge is 0.416 e. The van der Waals surface area contributed by atoms with E-state index >= 15 is 0 Å². The maximum Gasteiger partial charge on any atom is 0.416 e. The first-order chi connectivity index (χ1) is 10.2. The van der Waals surface area contributed by atoms with Crippen LogP contribution in [0.1, 0.15) is 27.9 Å². The summed E-state index contributed by atoms with van der Waals surface area (Å²) in [6.07, 6.45) is -3.64. The number of nitrogens with zero attached hydrogens (tertiary/aromatic N) is 2. The summed E-state index contributed by atoms with van der Waals surface area (Å²) in [7, 11) is 3.91. The highest BCUT2D eigenvalue weighted by Crippen LogP contribution is 2.34. The second kappa shape index (κ2) is 6.26. The number of halogens is 3. The Bertz CT molecular complexity index is 558. The predicted molar refractivity (Wildman–Crippen MR) is 75.8 cm³/mol. The molecule has 0 saturated carbocycles. The summed E-state index contributed by atoms with van der Waals surface area (Å²) in [5, 5.41) is 8.86. The monoisotopic (exact) mass is 316 g/mol. The summed E-state index contributed by atoms with van der Waals surface area (Å²) in [5.41, 5.74) is -1.08. The largest absolute Gasteiger partial charge is 0.478 e. The van der Waals surface area contributed by atoms with Gasteiger partial charge in [0.2, 0.25) is 0 Å². The van der Waals surface area contributed by atoms with Crippen molar-refractivity contribution in [2.45, 2.75) is 25.2 Å². The standard InChI is InChI=1S/C15H19F3N2O2/c1-19(2)12-5-6-20(9-12)8-11-4-3-10(14(21)22)7-13(11)15(16,17)18/h3-4,7,12H,5-6,8-9H2,1-2H3,(H,21,22)/t12-/m1/s1. The molecule has 1 fully saturated rings. The summed E-state index contributed by atoms with van der Waals surface area (Å²) in [6.45, 7) is 1.63. The first kappa shape index (κ1) is 16.8. The van der Waals surface area contributed by atoms with E-state index in [4.69, 9.17) is 5.11 Å². The van der Waals surface area contributed by atoms with E-state index < -0.39 is 17.7 Å². The molecule has 7 heteroatoms. The van der Waals surface area contributed by atoms with Gasteiger partial charge in [-0.1, -0.05) is 6.07 Å². The van der Waals surface area contributed by atoms with E-state index in [1.54, 1.807) is 0 Å². The molecule has 1 aromatic carbocycles. The summed E-state index contributed by atoms with van der Waals surface area (Å²) in [5.74, 6) is -1.36. The second-order valence-electron chi connectivity index (χ2n) is 5.82. The van der Waals surface area contributed by atoms with Crippen molar-refractivity contribution in [3.8, 4) is 0 Å². The molecule has 0 unspecified atom stereocenters. The van der Waals surface area contributed by atoms with Gasteiger partial charge >= 0.3 is 12.1 Å². The Morgan fingerprint density at radius 1 is 1.41 bits per heavy atom. The Morgan fingerprint density at radius 3 is 2.59 bits per heavy atom. The highest BCUT2D eigenvalue weighted by atomic mass is 19.4. The Kier molecular flexibility index (Phi) is 4.77. The number of carboxylic acids is 1. The number of benzene rings is 1. The van der Waals surface area contributed by atoms with Gasteiger partial charge < -0.3 is 10.0 Å². The molecule has 2 rings (SSSR count). The number of rotatable bonds is 4. The summed E-state index contributed by atoms with van der Waals surface area (Å²) in [6, 6.07) is 3.56. The molecule has 1 aliphatic rings. The minimum Gasteiger partial charge on any atom is -0.478 e. The molecule has 122 valence electrons. The minimum absolute atomic E-state index is 0.122. The third-order valence-electron chi connectivity index (χ3n) is 4.03. The average molecular weight is 316 g/mol. The van der Waals surface area contributed by atoms with Gasteiger partial charge in [-0.2, -0.15) is 13.2 Å². The normalized spacial score (nSPS) is 19.8. The Labute approximate surface area is 127 Å². The molecular weight excluding hydrogens is 297 g/mol. The van der Waals surface area contributed by atoms with Gasteiger partial charge in [0.1, 0.15) is 0 Å². The van der Waals surface area contributed by atoms with Gasteiger partial charge in [-0.15, -0.1) is 0 Å². The molecule has 1 atom stereocenters. The molecule has 0 bridgehead atoms. The molecule has 1 saturated heterocycles. The number of alkyl halides is 3. The van der Waals surface area contributed by atoms with Gasteiger partial charge in [-0.05, 0) is 38.2 Å². The minimum atomic E-state index is -4.55. The van der Waals surface area contributed by atoms with Crippen LogP contribution in [0.2, 0.25) is 0 Å². The lowest BCUT2D eigenvalue weighted by Crippen LogP contribution is -2.31. The van der Waals surface area contributed by atoms with Crippen molar-refractivity contribution in [2.75, 3.05) is 27.2 Å². The van der Waals surface area contributed by atoms with Crippen molar-refractivity contribution in [3.05, 3.63) is 34.9 Å². The number of aromatic carboxylic acids is 1. The Hall–Kier alpha value is -1.60. The van der Waals surface area contributed by atoms with Crippen LogP contribution in [0.4, 0.5) is 13.2 Å². The zero-order valence-corrected chi connectivity index (χ0v) is 12.5. The van der Waals surface area contributed by atoms with Crippen LogP contribution in [-0.4, -0.2) is 54.1 Å². The molecule has 0 amide bonds. The molecule has 1 aromatic rings. The van der Waals surface area contributed by atoms with E-state index in [2.05, 4.69) is 4.90 Å². The SMILES string of the molecule is CN(C)[C@@H]1CCN(Cc2ccc(C(=O)O)cc2C(F)(F)F)C1. The van der Waals surface area contributed by atoms with Crippen molar-refractivity contribution in [1.29, 1.82) is 0 Å². The van der Waals surface area contributed by atoms with Crippen molar-refractivity contribution in [2.24, 2.45) is 0 Å². The van der Waals surface area contributed by atoms with Crippen molar-refractivity contribution < 1.29 is 23.1 Å². The van der Waals surface area contributed by atoms with Gasteiger partial charge in [0, 0.05) is 25.7 Å². The highest BCUT2D eigenvalue weighted by molar-refractivity contribution is 5.88. The third-order valence-corrected chi connectivity index (χ3v) is 4.03. The van der Waals surface area contributed by atoms with Crippen LogP contribution in [0.5, 0.6) is 0 Å². The molecule has 1 aliphatic heterocycles. The molecule has 1 N–H and O–H groups in total. The van der Waals surface area contributed by atoms with Gasteiger partial charge in [0.05, 0.1) is 11.1 Å². The number of carboxylic acid groups (broad SMARTS) is 1. The quantitative estimate of drug-likeness (QED) is 0.927. The number of likely N-dealkylation sites (N-methyl/N-ethyl adjacent to an activating group) is 1. The van der Waals surface area contributed by atoms with E-state index in [1.165, 1.54) is 12.1 Å². The van der Waals surface area contributed by atoms with Crippen molar-refractivity contribution in [1.82, 2.24) is 9.80 Å². The van der Waals surface area contributed by atoms with E-state index in [0.717, 1.165) is 19.0 Å². The molecule has 1 heterocycles. The highest BCUT2D eigenvalue weighted by Gasteiger charge is 2.35. The fourth-order valence-electron chi connectivity index (χ4n) is 2.73. The summed E-state index contributed by atoms with van der Waals surface area (Å²) < 4.78 is 39.5. The number of hydrogen-bond acceptors (Lipinski definition) is 3. The Morgan fingerprint density at radius 2 is 2.09 bits per heavy atom. The topological polar surface area (TPSA) is 43.8 Å². The zero-order valence-electron chi connectivity index (χ0n) is 12.5. The summed E-state index contributed by atoms with van der Waals surface area (Å²) >= 11 is 0. The van der Waals surface area contributed by atoms with Gasteiger partial charge in [-0.3, -0.25) is 4.90 Å². The lowest BCUT2D eigenvalue weighted by Gasteiger charge is -2.22. The molecule has 22 heavy (non-hydrogen) atoms. The first-order valence-corrected chi connectivity index (χ1v) is 7.00. The second-order valence-corrected chi connectivity index (χ2v) is 5.82. The maximum atomic E-state index is 13.2. The fourth-order valence-corrected chi connectivity index (χ4v) is 2.73. The van der Waals surface area contributed by atoms with Crippen LogP contribution < -0.4 is 0 Å². The molecular formula is C15H19F3N2O2. The van der Waals surface area contributed by atoms with Gasteiger partial charge in [0.25, 0.3) is 0 Å². The van der Waals surface area contributed by atoms with Gasteiger partial charge in [0.15, 0.2) is 0 Å². The van der Waals surface area contributed by atoms with E-state index in [-0.39, 0.29) is 17.7 Å². The van der Waals surface area contributed by atoms with Crippen LogP contribution in [0.25, 0.3) is 0 Å². The summed E-state index contributed by atoms with van der Waals surface area (Å²) in [4.78, 5) is 14.9. The molecule has 0 aromatic heterocycles. The molecule has 4 nitrogen and oxygen atoms in total. The zero-order chi connectivity index (χ0) is 16.5. The third kappa shape index (κ3) is 3.78.